The molecule has 0 aromatic heterocycles. The number of anilines is 1. The smallest absolute Gasteiger partial charge is 0.409 e. The Labute approximate surface area is 206 Å². The van der Waals surface area contributed by atoms with Gasteiger partial charge in [-0.2, -0.15) is 0 Å². The summed E-state index contributed by atoms with van der Waals surface area (Å²) in [5.41, 5.74) is 15.6. The van der Waals surface area contributed by atoms with E-state index < -0.39 is 0 Å². The molecule has 34 heavy (non-hydrogen) atoms. The summed E-state index contributed by atoms with van der Waals surface area (Å²) in [6.07, 6.45) is -0.236. The molecular formula is C28H31N3O2S. The molecule has 5 nitrogen and oxygen atoms in total. The highest BCUT2D eigenvalue weighted by molar-refractivity contribution is 7.80. The molecule has 0 saturated carbocycles. The number of ether oxygens (including phenoxy) is 1. The second-order valence-electron chi connectivity index (χ2n) is 9.14. The molecule has 0 radical (unpaired) electrons. The number of nitrogens with zero attached hydrogens (tertiary/aromatic N) is 2. The van der Waals surface area contributed by atoms with Crippen molar-refractivity contribution in [3.63, 3.8) is 0 Å². The van der Waals surface area contributed by atoms with Gasteiger partial charge in [0.2, 0.25) is 0 Å². The van der Waals surface area contributed by atoms with Crippen molar-refractivity contribution in [1.29, 1.82) is 0 Å². The highest BCUT2D eigenvalue weighted by atomic mass is 32.1. The minimum atomic E-state index is -0.236. The third-order valence-electron chi connectivity index (χ3n) is 7.30. The van der Waals surface area contributed by atoms with E-state index in [1.165, 1.54) is 33.5 Å². The monoisotopic (exact) mass is 473 g/mol. The van der Waals surface area contributed by atoms with Gasteiger partial charge in [-0.15, -0.1) is 12.6 Å². The molecule has 1 amide bonds. The molecule has 1 heterocycles. The van der Waals surface area contributed by atoms with Gasteiger partial charge in [-0.25, -0.2) is 4.79 Å². The molecule has 1 saturated heterocycles. The van der Waals surface area contributed by atoms with Gasteiger partial charge in [0.05, 0.1) is 0 Å². The summed E-state index contributed by atoms with van der Waals surface area (Å²) in [5.74, 6) is 0.0794. The first kappa shape index (κ1) is 22.8. The van der Waals surface area contributed by atoms with Gasteiger partial charge in [0, 0.05) is 49.2 Å². The first-order valence-electron chi connectivity index (χ1n) is 11.9. The van der Waals surface area contributed by atoms with Gasteiger partial charge in [0.1, 0.15) is 6.61 Å². The molecular weight excluding hydrogens is 442 g/mol. The van der Waals surface area contributed by atoms with Crippen LogP contribution in [0.1, 0.15) is 33.7 Å². The summed E-state index contributed by atoms with van der Waals surface area (Å²) in [6.45, 7) is 7.84. The van der Waals surface area contributed by atoms with Crippen LogP contribution in [0.25, 0.3) is 11.1 Å². The summed E-state index contributed by atoms with van der Waals surface area (Å²) in [4.78, 5) is 18.1. The molecule has 176 valence electrons. The Bertz CT molecular complexity index is 1190. The average Bonchev–Trinajstić information content (AvgIpc) is 3.19. The van der Waals surface area contributed by atoms with Crippen LogP contribution in [0, 0.1) is 13.8 Å². The lowest BCUT2D eigenvalue weighted by Gasteiger charge is -2.37. The number of carbonyl (C=O) groups is 1. The molecule has 2 aliphatic rings. The largest absolute Gasteiger partial charge is 0.448 e. The number of amides is 1. The number of piperazine rings is 1. The zero-order valence-electron chi connectivity index (χ0n) is 19.8. The van der Waals surface area contributed by atoms with Crippen LogP contribution in [0.5, 0.6) is 0 Å². The van der Waals surface area contributed by atoms with E-state index in [-0.39, 0.29) is 12.0 Å². The number of rotatable bonds is 4. The molecule has 1 aliphatic carbocycles. The molecule has 1 aliphatic heterocycles. The SMILES string of the molecule is Cc1c(S)cc(CN)c(C)c1N1CCN(C(=O)OCC2c3ccccc3-c3ccccc32)CC1. The van der Waals surface area contributed by atoms with Crippen molar-refractivity contribution in [2.75, 3.05) is 37.7 Å². The van der Waals surface area contributed by atoms with Crippen molar-refractivity contribution in [2.24, 2.45) is 5.73 Å². The first-order chi connectivity index (χ1) is 16.5. The van der Waals surface area contributed by atoms with Gasteiger partial charge in [0.25, 0.3) is 0 Å². The van der Waals surface area contributed by atoms with E-state index in [1.807, 2.05) is 4.90 Å². The Morgan fingerprint density at radius 3 is 2.15 bits per heavy atom. The van der Waals surface area contributed by atoms with E-state index in [2.05, 4.69) is 86.0 Å². The van der Waals surface area contributed by atoms with Crippen molar-refractivity contribution in [2.45, 2.75) is 31.2 Å². The number of nitrogens with two attached hydrogens (primary N) is 1. The Kier molecular flexibility index (Phi) is 6.28. The zero-order chi connectivity index (χ0) is 23.8. The molecule has 0 atom stereocenters. The topological polar surface area (TPSA) is 58.8 Å². The lowest BCUT2D eigenvalue weighted by Crippen LogP contribution is -2.49. The Morgan fingerprint density at radius 1 is 0.971 bits per heavy atom. The van der Waals surface area contributed by atoms with Crippen molar-refractivity contribution in [1.82, 2.24) is 4.90 Å². The molecule has 0 unspecified atom stereocenters. The molecule has 5 rings (SSSR count). The summed E-state index contributed by atoms with van der Waals surface area (Å²) < 4.78 is 5.86. The van der Waals surface area contributed by atoms with E-state index in [1.54, 1.807) is 0 Å². The van der Waals surface area contributed by atoms with E-state index >= 15 is 0 Å². The fourth-order valence-corrected chi connectivity index (χ4v) is 5.68. The highest BCUT2D eigenvalue weighted by Gasteiger charge is 2.30. The van der Waals surface area contributed by atoms with Gasteiger partial charge in [0.15, 0.2) is 0 Å². The normalized spacial score (nSPS) is 15.3. The van der Waals surface area contributed by atoms with Crippen molar-refractivity contribution in [3.05, 3.63) is 82.4 Å². The number of carbonyl (C=O) groups excluding carboxylic acids is 1. The van der Waals surface area contributed by atoms with Gasteiger partial charge in [-0.05, 0) is 58.9 Å². The minimum Gasteiger partial charge on any atom is -0.448 e. The molecule has 0 bridgehead atoms. The van der Waals surface area contributed by atoms with Gasteiger partial charge < -0.3 is 20.3 Å². The third kappa shape index (κ3) is 3.95. The summed E-state index contributed by atoms with van der Waals surface area (Å²) in [7, 11) is 0. The number of fused-ring (bicyclic) bond motifs is 3. The molecule has 6 heteroatoms. The summed E-state index contributed by atoms with van der Waals surface area (Å²) in [5, 5.41) is 0. The standard InChI is InChI=1S/C28H31N3O2S/c1-18-20(16-29)15-26(34)19(2)27(18)30-11-13-31(14-12-30)28(32)33-17-25-23-9-5-3-7-21(23)22-8-4-6-10-24(22)25/h3-10,15,25,34H,11-14,16-17,29H2,1-2H3. The Hall–Kier alpha value is -2.96. The maximum atomic E-state index is 13.0. The second kappa shape index (κ2) is 9.35. The molecule has 3 aromatic carbocycles. The van der Waals surface area contributed by atoms with Crippen molar-refractivity contribution >= 4 is 24.4 Å². The zero-order valence-corrected chi connectivity index (χ0v) is 20.6. The maximum Gasteiger partial charge on any atom is 0.409 e. The van der Waals surface area contributed by atoms with E-state index in [0.29, 0.717) is 26.2 Å². The number of hydrogen-bond acceptors (Lipinski definition) is 5. The Morgan fingerprint density at radius 2 is 1.56 bits per heavy atom. The minimum absolute atomic E-state index is 0.0794. The number of thiol groups is 1. The van der Waals surface area contributed by atoms with E-state index in [9.17, 15) is 4.79 Å². The van der Waals surface area contributed by atoms with Crippen LogP contribution in [-0.4, -0.2) is 43.8 Å². The fraction of sp³-hybridized carbons (Fsp3) is 0.321. The van der Waals surface area contributed by atoms with Gasteiger partial charge >= 0.3 is 6.09 Å². The number of benzene rings is 3. The van der Waals surface area contributed by atoms with Gasteiger partial charge in [-0.3, -0.25) is 0 Å². The van der Waals surface area contributed by atoms with Crippen LogP contribution in [0.3, 0.4) is 0 Å². The van der Waals surface area contributed by atoms with Crippen LogP contribution in [-0.2, 0) is 11.3 Å². The molecule has 0 spiro atoms. The van der Waals surface area contributed by atoms with Crippen LogP contribution in [0.15, 0.2) is 59.5 Å². The first-order valence-corrected chi connectivity index (χ1v) is 12.3. The van der Waals surface area contributed by atoms with Crippen molar-refractivity contribution < 1.29 is 9.53 Å². The van der Waals surface area contributed by atoms with Crippen LogP contribution in [0.2, 0.25) is 0 Å². The number of hydrogen-bond donors (Lipinski definition) is 2. The van der Waals surface area contributed by atoms with Crippen molar-refractivity contribution in [3.8, 4) is 11.1 Å². The van der Waals surface area contributed by atoms with Crippen LogP contribution >= 0.6 is 12.6 Å². The van der Waals surface area contributed by atoms with E-state index in [4.69, 9.17) is 10.5 Å². The lowest BCUT2D eigenvalue weighted by atomic mass is 9.98. The van der Waals surface area contributed by atoms with Crippen LogP contribution in [0.4, 0.5) is 10.5 Å². The third-order valence-corrected chi connectivity index (χ3v) is 7.76. The van der Waals surface area contributed by atoms with Gasteiger partial charge in [-0.1, -0.05) is 48.5 Å². The Balaban J connectivity index is 1.25. The lowest BCUT2D eigenvalue weighted by molar-refractivity contribution is 0.0976. The highest BCUT2D eigenvalue weighted by Crippen LogP contribution is 2.44. The molecule has 2 N–H and O–H groups in total. The second-order valence-corrected chi connectivity index (χ2v) is 9.62. The maximum absolute atomic E-state index is 13.0. The summed E-state index contributed by atoms with van der Waals surface area (Å²) >= 11 is 4.65. The molecule has 1 fully saturated rings. The summed E-state index contributed by atoms with van der Waals surface area (Å²) in [6, 6.07) is 18.9. The molecule has 3 aromatic rings. The van der Waals surface area contributed by atoms with E-state index in [0.717, 1.165) is 29.1 Å². The average molecular weight is 474 g/mol. The van der Waals surface area contributed by atoms with Crippen LogP contribution < -0.4 is 10.6 Å². The predicted molar refractivity (Wildman–Crippen MR) is 140 cm³/mol. The fourth-order valence-electron chi connectivity index (χ4n) is 5.42. The predicted octanol–water partition coefficient (Wildman–Crippen LogP) is 5.12. The quantitative estimate of drug-likeness (QED) is 0.516.